The first-order valence-electron chi connectivity index (χ1n) is 13.9. The van der Waals surface area contributed by atoms with Crippen molar-refractivity contribution in [3.63, 3.8) is 0 Å². The highest BCUT2D eigenvalue weighted by atomic mass is 19.1. The van der Waals surface area contributed by atoms with E-state index in [2.05, 4.69) is 12.2 Å². The number of rotatable bonds is 9. The summed E-state index contributed by atoms with van der Waals surface area (Å²) in [4.78, 5) is 17.6. The van der Waals surface area contributed by atoms with E-state index in [0.29, 0.717) is 40.3 Å². The van der Waals surface area contributed by atoms with E-state index in [4.69, 9.17) is 9.73 Å². The summed E-state index contributed by atoms with van der Waals surface area (Å²) in [7, 11) is 1.60. The predicted octanol–water partition coefficient (Wildman–Crippen LogP) is 8.55. The first kappa shape index (κ1) is 30.2. The van der Waals surface area contributed by atoms with Crippen LogP contribution in [0.2, 0.25) is 0 Å². The largest absolute Gasteiger partial charge is 0.496 e. The van der Waals surface area contributed by atoms with Crippen LogP contribution in [0.5, 0.6) is 5.75 Å². The Balaban J connectivity index is 0.000000449. The molecule has 1 unspecified atom stereocenters. The zero-order chi connectivity index (χ0) is 28.2. The van der Waals surface area contributed by atoms with Gasteiger partial charge >= 0.3 is 0 Å². The highest BCUT2D eigenvalue weighted by molar-refractivity contribution is 6.06. The van der Waals surface area contributed by atoms with Gasteiger partial charge in [-0.25, -0.2) is 8.78 Å². The molecule has 1 saturated heterocycles. The standard InChI is InChI=1S/C26H25F2NO2.C7H15N/c1-4-5-9-25(30)23-15-18(19-13-20(27)16-21(28)14-19)11-12-24(23)29-17(2)22-8-6-7-10-26(22)31-3;1-2-7-4-3-5-8-6-7/h6-8,10-16H,4-5,9H2,1-3H3;7-8H,2-6H2,1H3. The van der Waals surface area contributed by atoms with E-state index in [0.717, 1.165) is 30.4 Å². The number of halogens is 2. The molecular formula is C33H40F2N2O2. The van der Waals surface area contributed by atoms with Gasteiger partial charge in [0.1, 0.15) is 17.4 Å². The third-order valence-electron chi connectivity index (χ3n) is 7.01. The lowest BCUT2D eigenvalue weighted by molar-refractivity contribution is 0.0980. The molecule has 208 valence electrons. The first-order valence-corrected chi connectivity index (χ1v) is 13.9. The number of para-hydroxylation sites is 1. The van der Waals surface area contributed by atoms with Crippen LogP contribution in [-0.2, 0) is 0 Å². The minimum absolute atomic E-state index is 0.0489. The monoisotopic (exact) mass is 534 g/mol. The first-order chi connectivity index (χ1) is 18.9. The normalized spacial score (nSPS) is 15.3. The molecular weight excluding hydrogens is 494 g/mol. The molecule has 0 bridgehead atoms. The lowest BCUT2D eigenvalue weighted by Crippen LogP contribution is -2.29. The van der Waals surface area contributed by atoms with E-state index in [9.17, 15) is 13.6 Å². The Labute approximate surface area is 231 Å². The molecule has 1 aliphatic heterocycles. The molecule has 0 radical (unpaired) electrons. The summed E-state index contributed by atoms with van der Waals surface area (Å²) in [6, 6.07) is 16.0. The van der Waals surface area contributed by atoms with Crippen molar-refractivity contribution in [2.45, 2.75) is 59.3 Å². The van der Waals surface area contributed by atoms with Crippen LogP contribution in [0.4, 0.5) is 14.5 Å². The van der Waals surface area contributed by atoms with Gasteiger partial charge < -0.3 is 10.1 Å². The van der Waals surface area contributed by atoms with Crippen molar-refractivity contribution in [3.05, 3.63) is 83.4 Å². The molecule has 39 heavy (non-hydrogen) atoms. The molecule has 0 aliphatic carbocycles. The maximum atomic E-state index is 13.7. The molecule has 1 aliphatic rings. The third-order valence-corrected chi connectivity index (χ3v) is 7.01. The van der Waals surface area contributed by atoms with Crippen molar-refractivity contribution in [2.24, 2.45) is 10.9 Å². The van der Waals surface area contributed by atoms with E-state index in [1.807, 2.05) is 38.1 Å². The zero-order valence-corrected chi connectivity index (χ0v) is 23.5. The number of Topliss-reactive ketones (excluding diaryl/α,β-unsaturated/α-hetero) is 1. The number of hydrogen-bond acceptors (Lipinski definition) is 4. The van der Waals surface area contributed by atoms with E-state index in [1.54, 1.807) is 25.3 Å². The molecule has 3 aromatic rings. The number of nitrogens with zero attached hydrogens (tertiary/aromatic N) is 1. The van der Waals surface area contributed by atoms with Gasteiger partial charge in [-0.2, -0.15) is 0 Å². The molecule has 1 fully saturated rings. The molecule has 0 spiro atoms. The topological polar surface area (TPSA) is 50.7 Å². The fraction of sp³-hybridized carbons (Fsp3) is 0.394. The quantitative estimate of drug-likeness (QED) is 0.221. The Morgan fingerprint density at radius 2 is 1.74 bits per heavy atom. The Hall–Kier alpha value is -3.38. The maximum absolute atomic E-state index is 13.7. The smallest absolute Gasteiger partial charge is 0.165 e. The van der Waals surface area contributed by atoms with Crippen molar-refractivity contribution in [2.75, 3.05) is 20.2 Å². The molecule has 6 heteroatoms. The van der Waals surface area contributed by atoms with Gasteiger partial charge in [-0.05, 0) is 92.7 Å². The van der Waals surface area contributed by atoms with Gasteiger partial charge in [-0.1, -0.05) is 44.9 Å². The van der Waals surface area contributed by atoms with Crippen LogP contribution < -0.4 is 10.1 Å². The average Bonchev–Trinajstić information content (AvgIpc) is 2.96. The van der Waals surface area contributed by atoms with Gasteiger partial charge in [0.25, 0.3) is 0 Å². The highest BCUT2D eigenvalue weighted by Crippen LogP contribution is 2.31. The van der Waals surface area contributed by atoms with Crippen molar-refractivity contribution in [1.29, 1.82) is 0 Å². The summed E-state index contributed by atoms with van der Waals surface area (Å²) in [6.45, 7) is 8.66. The minimum Gasteiger partial charge on any atom is -0.496 e. The van der Waals surface area contributed by atoms with Gasteiger partial charge in [0.05, 0.1) is 12.8 Å². The third kappa shape index (κ3) is 8.82. The van der Waals surface area contributed by atoms with Gasteiger partial charge in [0.15, 0.2) is 5.78 Å². The predicted molar refractivity (Wildman–Crippen MR) is 156 cm³/mol. The lowest BCUT2D eigenvalue weighted by atomic mass is 9.97. The number of ether oxygens (including phenoxy) is 1. The van der Waals surface area contributed by atoms with Crippen LogP contribution in [0.1, 0.15) is 75.2 Å². The van der Waals surface area contributed by atoms with Gasteiger partial charge in [0.2, 0.25) is 0 Å². The second kappa shape index (κ2) is 15.3. The molecule has 4 rings (SSSR count). The number of carbonyl (C=O) groups is 1. The SMILES string of the molecule is CCC1CCCNC1.CCCCC(=O)c1cc(-c2cc(F)cc(F)c2)ccc1N=C(C)c1ccccc1OC. The van der Waals surface area contributed by atoms with Crippen molar-refractivity contribution in [3.8, 4) is 16.9 Å². The van der Waals surface area contributed by atoms with E-state index >= 15 is 0 Å². The van der Waals surface area contributed by atoms with E-state index < -0.39 is 11.6 Å². The van der Waals surface area contributed by atoms with Gasteiger partial charge in [-0.3, -0.25) is 9.79 Å². The highest BCUT2D eigenvalue weighted by Gasteiger charge is 2.15. The number of ketones is 1. The molecule has 0 saturated carbocycles. The number of piperidine rings is 1. The number of nitrogens with one attached hydrogen (secondary N) is 1. The Kier molecular flexibility index (Phi) is 11.8. The summed E-state index contributed by atoms with van der Waals surface area (Å²) < 4.78 is 32.8. The van der Waals surface area contributed by atoms with Crippen LogP contribution in [0, 0.1) is 17.6 Å². The second-order valence-corrected chi connectivity index (χ2v) is 9.93. The summed E-state index contributed by atoms with van der Waals surface area (Å²) in [6.07, 6.45) is 6.22. The molecule has 4 nitrogen and oxygen atoms in total. The molecule has 1 heterocycles. The molecule has 3 aromatic carbocycles. The lowest BCUT2D eigenvalue weighted by Gasteiger charge is -2.20. The van der Waals surface area contributed by atoms with Crippen molar-refractivity contribution >= 4 is 17.2 Å². The number of unbranched alkanes of at least 4 members (excludes halogenated alkanes) is 1. The summed E-state index contributed by atoms with van der Waals surface area (Å²) >= 11 is 0. The zero-order valence-electron chi connectivity index (χ0n) is 23.5. The van der Waals surface area contributed by atoms with Crippen LogP contribution in [0.25, 0.3) is 11.1 Å². The average molecular weight is 535 g/mol. The molecule has 1 N–H and O–H groups in total. The fourth-order valence-corrected chi connectivity index (χ4v) is 4.69. The number of methoxy groups -OCH3 is 1. The Morgan fingerprint density at radius 1 is 1.00 bits per heavy atom. The number of carbonyl (C=O) groups excluding carboxylic acids is 1. The van der Waals surface area contributed by atoms with Crippen LogP contribution in [-0.4, -0.2) is 31.7 Å². The Morgan fingerprint density at radius 3 is 2.36 bits per heavy atom. The molecule has 1 atom stereocenters. The summed E-state index contributed by atoms with van der Waals surface area (Å²) in [5.41, 5.74) is 3.42. The number of hydrogen-bond donors (Lipinski definition) is 1. The van der Waals surface area contributed by atoms with Crippen LogP contribution >= 0.6 is 0 Å². The second-order valence-electron chi connectivity index (χ2n) is 9.93. The molecule has 0 amide bonds. The fourth-order valence-electron chi connectivity index (χ4n) is 4.69. The number of aliphatic imine (C=N–C) groups is 1. The van der Waals surface area contributed by atoms with Crippen molar-refractivity contribution in [1.82, 2.24) is 5.32 Å². The summed E-state index contributed by atoms with van der Waals surface area (Å²) in [5.74, 6) is 0.288. The van der Waals surface area contributed by atoms with E-state index in [-0.39, 0.29) is 5.78 Å². The van der Waals surface area contributed by atoms with Crippen molar-refractivity contribution < 1.29 is 18.3 Å². The molecule has 0 aromatic heterocycles. The minimum atomic E-state index is -0.664. The van der Waals surface area contributed by atoms with Crippen LogP contribution in [0.15, 0.2) is 65.7 Å². The van der Waals surface area contributed by atoms with E-state index in [1.165, 1.54) is 44.5 Å². The maximum Gasteiger partial charge on any atom is 0.165 e. The summed E-state index contributed by atoms with van der Waals surface area (Å²) in [5, 5.41) is 3.39. The number of benzene rings is 3. The Bertz CT molecular complexity index is 1250. The van der Waals surface area contributed by atoms with Gasteiger partial charge in [-0.15, -0.1) is 0 Å². The van der Waals surface area contributed by atoms with Gasteiger partial charge in [0, 0.05) is 29.3 Å². The van der Waals surface area contributed by atoms with Crippen LogP contribution in [0.3, 0.4) is 0 Å².